The second kappa shape index (κ2) is 6.96. The van der Waals surface area contributed by atoms with E-state index in [1.807, 2.05) is 6.92 Å². The third-order valence-electron chi connectivity index (χ3n) is 2.63. The largest absolute Gasteiger partial charge is 0.494 e. The molecule has 0 heterocycles. The Bertz CT molecular complexity index is 410. The fourth-order valence-corrected chi connectivity index (χ4v) is 1.60. The number of ether oxygens (including phenoxy) is 1. The second-order valence-corrected chi connectivity index (χ2v) is 4.15. The van der Waals surface area contributed by atoms with E-state index in [1.54, 1.807) is 0 Å². The zero-order chi connectivity index (χ0) is 13.5. The average Bonchev–Trinajstić information content (AvgIpc) is 2.36. The summed E-state index contributed by atoms with van der Waals surface area (Å²) in [7, 11) is 1.37. The molecule has 1 amide bonds. The summed E-state index contributed by atoms with van der Waals surface area (Å²) in [4.78, 5) is 11.9. The standard InChI is InChI=1S/C13H19FN2O2/c1-9(4-3-7-15)16-13(17)10-5-6-11(14)12(8-10)18-2/h5-6,8-9H,3-4,7,15H2,1-2H3,(H,16,17). The molecule has 0 aliphatic heterocycles. The van der Waals surface area contributed by atoms with Gasteiger partial charge in [0.1, 0.15) is 0 Å². The minimum Gasteiger partial charge on any atom is -0.494 e. The number of hydrogen-bond acceptors (Lipinski definition) is 3. The predicted molar refractivity (Wildman–Crippen MR) is 68.2 cm³/mol. The summed E-state index contributed by atoms with van der Waals surface area (Å²) in [5.74, 6) is -0.652. The first kappa shape index (κ1) is 14.4. The molecule has 0 fully saturated rings. The summed E-state index contributed by atoms with van der Waals surface area (Å²) in [6.07, 6.45) is 1.68. The van der Waals surface area contributed by atoms with Gasteiger partial charge in [-0.15, -0.1) is 0 Å². The minimum atomic E-state index is -0.481. The van der Waals surface area contributed by atoms with Crippen LogP contribution in [0.15, 0.2) is 18.2 Å². The molecular formula is C13H19FN2O2. The molecule has 18 heavy (non-hydrogen) atoms. The van der Waals surface area contributed by atoms with Gasteiger partial charge in [-0.25, -0.2) is 4.39 Å². The molecule has 1 aromatic rings. The molecule has 0 aromatic heterocycles. The minimum absolute atomic E-state index is 0.0390. The maximum atomic E-state index is 13.2. The second-order valence-electron chi connectivity index (χ2n) is 4.15. The van der Waals surface area contributed by atoms with Crippen LogP contribution in [0.2, 0.25) is 0 Å². The van der Waals surface area contributed by atoms with Gasteiger partial charge in [-0.05, 0) is 44.5 Å². The summed E-state index contributed by atoms with van der Waals surface area (Å²) in [5, 5.41) is 2.83. The highest BCUT2D eigenvalue weighted by atomic mass is 19.1. The number of nitrogens with two attached hydrogens (primary N) is 1. The Morgan fingerprint density at radius 3 is 2.89 bits per heavy atom. The lowest BCUT2D eigenvalue weighted by Gasteiger charge is -2.13. The van der Waals surface area contributed by atoms with Gasteiger partial charge in [-0.3, -0.25) is 4.79 Å². The van der Waals surface area contributed by atoms with E-state index in [2.05, 4.69) is 5.32 Å². The van der Waals surface area contributed by atoms with E-state index in [0.717, 1.165) is 12.8 Å². The van der Waals surface area contributed by atoms with Gasteiger partial charge in [0.2, 0.25) is 0 Å². The zero-order valence-corrected chi connectivity index (χ0v) is 10.7. The summed E-state index contributed by atoms with van der Waals surface area (Å²) in [6.45, 7) is 2.51. The highest BCUT2D eigenvalue weighted by molar-refractivity contribution is 5.94. The van der Waals surface area contributed by atoms with Crippen LogP contribution in [-0.2, 0) is 0 Å². The lowest BCUT2D eigenvalue weighted by molar-refractivity contribution is 0.0937. The molecular weight excluding hydrogens is 235 g/mol. The van der Waals surface area contributed by atoms with Gasteiger partial charge in [0.25, 0.3) is 5.91 Å². The van der Waals surface area contributed by atoms with E-state index < -0.39 is 5.82 Å². The van der Waals surface area contributed by atoms with Crippen LogP contribution in [0.1, 0.15) is 30.1 Å². The van der Waals surface area contributed by atoms with Crippen molar-refractivity contribution in [2.24, 2.45) is 5.73 Å². The fourth-order valence-electron chi connectivity index (χ4n) is 1.60. The molecule has 1 rings (SSSR count). The number of carbonyl (C=O) groups excluding carboxylic acids is 1. The van der Waals surface area contributed by atoms with E-state index in [9.17, 15) is 9.18 Å². The monoisotopic (exact) mass is 254 g/mol. The quantitative estimate of drug-likeness (QED) is 0.812. The Labute approximate surface area is 106 Å². The molecule has 100 valence electrons. The zero-order valence-electron chi connectivity index (χ0n) is 10.7. The summed E-state index contributed by atoms with van der Waals surface area (Å²) in [6, 6.07) is 4.08. The average molecular weight is 254 g/mol. The van der Waals surface area contributed by atoms with Gasteiger partial charge in [0.05, 0.1) is 7.11 Å². The van der Waals surface area contributed by atoms with Crippen molar-refractivity contribution in [2.75, 3.05) is 13.7 Å². The molecule has 1 atom stereocenters. The van der Waals surface area contributed by atoms with Crippen molar-refractivity contribution >= 4 is 5.91 Å². The van der Waals surface area contributed by atoms with Gasteiger partial charge in [0.15, 0.2) is 11.6 Å². The van der Waals surface area contributed by atoms with Crippen molar-refractivity contribution in [3.8, 4) is 5.75 Å². The van der Waals surface area contributed by atoms with Crippen LogP contribution in [-0.4, -0.2) is 25.6 Å². The molecule has 1 aromatic carbocycles. The summed E-state index contributed by atoms with van der Waals surface area (Å²) >= 11 is 0. The Balaban J connectivity index is 2.66. The van der Waals surface area contributed by atoms with Crippen LogP contribution in [0.3, 0.4) is 0 Å². The number of hydrogen-bond donors (Lipinski definition) is 2. The lowest BCUT2D eigenvalue weighted by Crippen LogP contribution is -2.32. The third-order valence-corrected chi connectivity index (χ3v) is 2.63. The maximum absolute atomic E-state index is 13.2. The molecule has 0 spiro atoms. The van der Waals surface area contributed by atoms with Gasteiger partial charge in [-0.2, -0.15) is 0 Å². The van der Waals surface area contributed by atoms with E-state index in [0.29, 0.717) is 12.1 Å². The number of benzene rings is 1. The van der Waals surface area contributed by atoms with E-state index in [1.165, 1.54) is 25.3 Å². The van der Waals surface area contributed by atoms with Crippen molar-refractivity contribution in [1.82, 2.24) is 5.32 Å². The molecule has 0 aliphatic rings. The normalized spacial score (nSPS) is 12.0. The summed E-state index contributed by atoms with van der Waals surface area (Å²) in [5.41, 5.74) is 5.78. The molecule has 3 N–H and O–H groups in total. The van der Waals surface area contributed by atoms with E-state index in [-0.39, 0.29) is 17.7 Å². The van der Waals surface area contributed by atoms with Crippen molar-refractivity contribution in [3.05, 3.63) is 29.6 Å². The van der Waals surface area contributed by atoms with Crippen LogP contribution in [0.4, 0.5) is 4.39 Å². The Hall–Kier alpha value is -1.62. The van der Waals surface area contributed by atoms with Crippen molar-refractivity contribution in [3.63, 3.8) is 0 Å². The molecule has 1 unspecified atom stereocenters. The first-order chi connectivity index (χ1) is 8.58. The molecule has 0 saturated carbocycles. The molecule has 5 heteroatoms. The van der Waals surface area contributed by atoms with Crippen LogP contribution in [0, 0.1) is 5.82 Å². The number of carbonyl (C=O) groups is 1. The van der Waals surface area contributed by atoms with Crippen LogP contribution in [0.5, 0.6) is 5.75 Å². The van der Waals surface area contributed by atoms with Crippen LogP contribution < -0.4 is 15.8 Å². The van der Waals surface area contributed by atoms with Crippen molar-refractivity contribution in [1.29, 1.82) is 0 Å². The molecule has 0 radical (unpaired) electrons. The van der Waals surface area contributed by atoms with Crippen LogP contribution >= 0.6 is 0 Å². The van der Waals surface area contributed by atoms with Crippen LogP contribution in [0.25, 0.3) is 0 Å². The molecule has 0 saturated heterocycles. The van der Waals surface area contributed by atoms with Gasteiger partial charge in [-0.1, -0.05) is 0 Å². The number of nitrogens with one attached hydrogen (secondary N) is 1. The smallest absolute Gasteiger partial charge is 0.251 e. The first-order valence-electron chi connectivity index (χ1n) is 5.93. The van der Waals surface area contributed by atoms with Gasteiger partial charge >= 0.3 is 0 Å². The SMILES string of the molecule is COc1cc(C(=O)NC(C)CCCN)ccc1F. The summed E-state index contributed by atoms with van der Waals surface area (Å²) < 4.78 is 18.0. The van der Waals surface area contributed by atoms with E-state index in [4.69, 9.17) is 10.5 Å². The Kier molecular flexibility index (Phi) is 5.58. The Morgan fingerprint density at radius 1 is 1.56 bits per heavy atom. The third kappa shape index (κ3) is 4.00. The maximum Gasteiger partial charge on any atom is 0.251 e. The van der Waals surface area contributed by atoms with Crippen molar-refractivity contribution in [2.45, 2.75) is 25.8 Å². The van der Waals surface area contributed by atoms with Gasteiger partial charge in [0, 0.05) is 11.6 Å². The van der Waals surface area contributed by atoms with Gasteiger partial charge < -0.3 is 15.8 Å². The number of amides is 1. The molecule has 4 nitrogen and oxygen atoms in total. The van der Waals surface area contributed by atoms with E-state index >= 15 is 0 Å². The Morgan fingerprint density at radius 2 is 2.28 bits per heavy atom. The van der Waals surface area contributed by atoms with Crippen molar-refractivity contribution < 1.29 is 13.9 Å². The highest BCUT2D eigenvalue weighted by Crippen LogP contribution is 2.18. The topological polar surface area (TPSA) is 64.3 Å². The highest BCUT2D eigenvalue weighted by Gasteiger charge is 2.12. The molecule has 0 aliphatic carbocycles. The number of methoxy groups -OCH3 is 1. The fraction of sp³-hybridized carbons (Fsp3) is 0.462. The first-order valence-corrected chi connectivity index (χ1v) is 5.93. The number of halogens is 1. The molecule has 0 bridgehead atoms. The lowest BCUT2D eigenvalue weighted by atomic mass is 10.1. The predicted octanol–water partition coefficient (Wildman–Crippen LogP) is 1.69. The number of rotatable bonds is 6.